The topological polar surface area (TPSA) is 107 Å². The van der Waals surface area contributed by atoms with Crippen LogP contribution in [0.1, 0.15) is 31.2 Å². The van der Waals surface area contributed by atoms with Crippen LogP contribution in [-0.4, -0.2) is 28.7 Å². The fourth-order valence-corrected chi connectivity index (χ4v) is 9.59. The normalized spacial score (nSPS) is 26.4. The Kier molecular flexibility index (Phi) is 7.57. The van der Waals surface area contributed by atoms with Gasteiger partial charge in [-0.05, 0) is 97.1 Å². The third kappa shape index (κ3) is 4.87. The lowest BCUT2D eigenvalue weighted by atomic mass is 9.51. The van der Waals surface area contributed by atoms with Crippen LogP contribution in [0.5, 0.6) is 5.75 Å². The highest BCUT2D eigenvalue weighted by molar-refractivity contribution is 6.32. The zero-order chi connectivity index (χ0) is 36.8. The number of carbonyl (C=O) groups excluding carboxylic acids is 4. The second-order valence-corrected chi connectivity index (χ2v) is 14.9. The molecule has 0 unspecified atom stereocenters. The molecular weight excluding hydrogens is 693 g/mol. The van der Waals surface area contributed by atoms with Crippen LogP contribution in [0.2, 0.25) is 5.02 Å². The van der Waals surface area contributed by atoms with Crippen molar-refractivity contribution in [1.82, 2.24) is 0 Å². The molecule has 264 valence electrons. The van der Waals surface area contributed by atoms with Crippen LogP contribution in [0.3, 0.4) is 0 Å². The third-order valence-electron chi connectivity index (χ3n) is 11.9. The molecule has 4 aliphatic rings. The molecule has 6 atom stereocenters. The van der Waals surface area contributed by atoms with Crippen molar-refractivity contribution in [3.63, 3.8) is 0 Å². The van der Waals surface area contributed by atoms with Crippen molar-refractivity contribution in [2.75, 3.05) is 15.1 Å². The van der Waals surface area contributed by atoms with Crippen LogP contribution in [0, 0.1) is 34.9 Å². The fourth-order valence-electron chi connectivity index (χ4n) is 9.42. The highest BCUT2D eigenvalue weighted by atomic mass is 35.5. The molecule has 2 aliphatic heterocycles. The Morgan fingerprint density at radius 1 is 0.774 bits per heavy atom. The second-order valence-electron chi connectivity index (χ2n) is 14.5. The fraction of sp³-hybridized carbons (Fsp3) is 0.209. The van der Waals surface area contributed by atoms with Gasteiger partial charge in [0, 0.05) is 22.9 Å². The van der Waals surface area contributed by atoms with Gasteiger partial charge in [0.15, 0.2) is 0 Å². The molecule has 5 aromatic rings. The van der Waals surface area contributed by atoms with Crippen molar-refractivity contribution >= 4 is 68.8 Å². The molecule has 0 bridgehead atoms. The summed E-state index contributed by atoms with van der Waals surface area (Å²) in [5.74, 6) is -6.18. The van der Waals surface area contributed by atoms with E-state index in [-0.39, 0.29) is 41.1 Å². The van der Waals surface area contributed by atoms with Gasteiger partial charge >= 0.3 is 0 Å². The van der Waals surface area contributed by atoms with Crippen molar-refractivity contribution in [2.24, 2.45) is 29.1 Å². The van der Waals surface area contributed by atoms with Gasteiger partial charge in [-0.2, -0.15) is 0 Å². The van der Waals surface area contributed by atoms with Crippen molar-refractivity contribution in [2.45, 2.75) is 25.7 Å². The smallest absolute Gasteiger partial charge is 0.241 e. The highest BCUT2D eigenvalue weighted by Gasteiger charge is 2.68. The first-order valence-electron chi connectivity index (χ1n) is 17.6. The summed E-state index contributed by atoms with van der Waals surface area (Å²) in [6.45, 7) is 1.75. The number of aromatic hydroxyl groups is 1. The monoisotopic (exact) mass is 725 g/mol. The third-order valence-corrected chi connectivity index (χ3v) is 12.2. The Bertz CT molecular complexity index is 2420. The maximum absolute atomic E-state index is 14.8. The van der Waals surface area contributed by atoms with Crippen LogP contribution >= 0.6 is 11.6 Å². The molecule has 2 aliphatic carbocycles. The number of fused-ring (bicyclic) bond motifs is 5. The van der Waals surface area contributed by atoms with Gasteiger partial charge in [0.1, 0.15) is 11.6 Å². The first-order chi connectivity index (χ1) is 25.6. The molecule has 8 nitrogen and oxygen atoms in total. The van der Waals surface area contributed by atoms with Gasteiger partial charge < -0.3 is 10.4 Å². The number of benzene rings is 5. The number of nitrogens with one attached hydrogen (secondary N) is 1. The Balaban J connectivity index is 1.15. The number of rotatable bonds is 5. The number of nitrogens with zero attached hydrogens (tertiary/aromatic N) is 2. The van der Waals surface area contributed by atoms with E-state index in [9.17, 15) is 28.7 Å². The number of amides is 4. The molecular formula is C43H33ClFN3O5. The summed E-state index contributed by atoms with van der Waals surface area (Å²) < 4.78 is 14.3. The van der Waals surface area contributed by atoms with E-state index in [4.69, 9.17) is 11.6 Å². The average molecular weight is 726 g/mol. The van der Waals surface area contributed by atoms with Gasteiger partial charge in [0.2, 0.25) is 23.6 Å². The standard InChI is InChI=1S/C43H33ClFN3O5/c1-43-32(40(51)48(42(43)53)27-16-19-34(45)33(44)21-27)22-31-29(38(43)37-28-10-6-5-7-23(28)11-20-35(37)49)17-18-30-36(31)41(52)47(39(30)50)26-14-12-25(13-15-26)46-24-8-3-2-4-9-24/h2-17,19-21,30-32,36,38,46,49H,18,22H2,1H3/t30-,31+,32-,36-,38+,43+/m0/s1. The van der Waals surface area contributed by atoms with Crippen LogP contribution in [0.4, 0.5) is 27.1 Å². The molecule has 2 heterocycles. The summed E-state index contributed by atoms with van der Waals surface area (Å²) in [4.78, 5) is 60.4. The molecule has 0 aromatic heterocycles. The number of anilines is 4. The molecule has 0 spiro atoms. The van der Waals surface area contributed by atoms with E-state index in [0.717, 1.165) is 33.3 Å². The van der Waals surface area contributed by atoms with Crippen molar-refractivity contribution in [1.29, 1.82) is 0 Å². The molecule has 0 radical (unpaired) electrons. The first-order valence-corrected chi connectivity index (χ1v) is 18.0. The number of halogens is 2. The first kappa shape index (κ1) is 33.1. The lowest BCUT2D eigenvalue weighted by molar-refractivity contribution is -0.131. The van der Waals surface area contributed by atoms with Gasteiger partial charge in [-0.3, -0.25) is 24.1 Å². The van der Waals surface area contributed by atoms with Crippen molar-refractivity contribution < 1.29 is 28.7 Å². The number of carbonyl (C=O) groups is 4. The number of imide groups is 2. The van der Waals surface area contributed by atoms with E-state index in [1.165, 1.54) is 17.0 Å². The molecule has 53 heavy (non-hydrogen) atoms. The molecule has 3 fully saturated rings. The molecule has 2 N–H and O–H groups in total. The van der Waals surface area contributed by atoms with E-state index >= 15 is 0 Å². The summed E-state index contributed by atoms with van der Waals surface area (Å²) in [7, 11) is 0. The Labute approximate surface area is 309 Å². The van der Waals surface area contributed by atoms with Gasteiger partial charge in [-0.15, -0.1) is 0 Å². The van der Waals surface area contributed by atoms with Gasteiger partial charge in [0.25, 0.3) is 0 Å². The molecule has 2 saturated heterocycles. The van der Waals surface area contributed by atoms with Crippen LogP contribution < -0.4 is 15.1 Å². The summed E-state index contributed by atoms with van der Waals surface area (Å²) in [6.07, 6.45) is 2.34. The maximum Gasteiger partial charge on any atom is 0.241 e. The lowest BCUT2D eigenvalue weighted by Gasteiger charge is -2.49. The molecule has 5 aromatic carbocycles. The SMILES string of the molecule is C[C@@]12C(=O)N(c3ccc(F)c(Cl)c3)C(=O)[C@@H]1C[C@@H]1C(=CC[C@@H]3C(=O)N(c4ccc(Nc5ccccc5)cc4)C(=O)[C@@H]31)[C@@H]2c1c(O)ccc2ccccc12. The van der Waals surface area contributed by atoms with Crippen LogP contribution in [-0.2, 0) is 19.2 Å². The summed E-state index contributed by atoms with van der Waals surface area (Å²) in [5.41, 5.74) is 2.12. The molecule has 9 rings (SSSR count). The number of para-hydroxylation sites is 1. The molecule has 10 heteroatoms. The van der Waals surface area contributed by atoms with Crippen LogP contribution in [0.15, 0.2) is 121 Å². The minimum atomic E-state index is -1.40. The van der Waals surface area contributed by atoms with Gasteiger partial charge in [-0.1, -0.05) is 71.8 Å². The zero-order valence-corrected chi connectivity index (χ0v) is 29.3. The van der Waals surface area contributed by atoms with E-state index in [1.54, 1.807) is 31.2 Å². The van der Waals surface area contributed by atoms with E-state index in [2.05, 4.69) is 5.32 Å². The van der Waals surface area contributed by atoms with Crippen LogP contribution in [0.25, 0.3) is 10.8 Å². The summed E-state index contributed by atoms with van der Waals surface area (Å²) in [6, 6.07) is 31.4. The Hall–Kier alpha value is -5.80. The van der Waals surface area contributed by atoms with Crippen molar-refractivity contribution in [3.8, 4) is 5.75 Å². The number of hydrogen-bond donors (Lipinski definition) is 2. The Morgan fingerprint density at radius 3 is 2.23 bits per heavy atom. The maximum atomic E-state index is 14.8. The van der Waals surface area contributed by atoms with Crippen molar-refractivity contribution in [3.05, 3.63) is 137 Å². The number of hydrogen-bond acceptors (Lipinski definition) is 6. The average Bonchev–Trinajstić information content (AvgIpc) is 3.53. The quantitative estimate of drug-likeness (QED) is 0.139. The molecule has 1 saturated carbocycles. The highest BCUT2D eigenvalue weighted by Crippen LogP contribution is 2.65. The number of phenolic OH excluding ortho intramolecular Hbond substituents is 1. The van der Waals surface area contributed by atoms with E-state index in [1.807, 2.05) is 72.8 Å². The second kappa shape index (κ2) is 12.1. The van der Waals surface area contributed by atoms with Gasteiger partial charge in [0.05, 0.1) is 39.6 Å². The zero-order valence-electron chi connectivity index (χ0n) is 28.5. The Morgan fingerprint density at radius 2 is 1.47 bits per heavy atom. The predicted molar refractivity (Wildman–Crippen MR) is 200 cm³/mol. The molecule has 4 amide bonds. The summed E-state index contributed by atoms with van der Waals surface area (Å²) >= 11 is 6.14. The largest absolute Gasteiger partial charge is 0.508 e. The number of phenols is 1. The van der Waals surface area contributed by atoms with Gasteiger partial charge in [-0.25, -0.2) is 9.29 Å². The van der Waals surface area contributed by atoms with E-state index in [0.29, 0.717) is 16.6 Å². The minimum absolute atomic E-state index is 0.0412. The predicted octanol–water partition coefficient (Wildman–Crippen LogP) is 8.52. The number of allylic oxidation sites excluding steroid dienone is 2. The van der Waals surface area contributed by atoms with E-state index < -0.39 is 52.6 Å². The lowest BCUT2D eigenvalue weighted by Crippen LogP contribution is -2.49. The summed E-state index contributed by atoms with van der Waals surface area (Å²) in [5, 5.41) is 16.3. The minimum Gasteiger partial charge on any atom is -0.508 e.